The van der Waals surface area contributed by atoms with Crippen LogP contribution in [0.25, 0.3) is 6.08 Å². The Balaban J connectivity index is 2.27. The summed E-state index contributed by atoms with van der Waals surface area (Å²) >= 11 is 6.95. The quantitative estimate of drug-likeness (QED) is 0.871. The van der Waals surface area contributed by atoms with Gasteiger partial charge in [0.2, 0.25) is 0 Å². The van der Waals surface area contributed by atoms with Crippen molar-refractivity contribution >= 4 is 40.6 Å². The summed E-state index contributed by atoms with van der Waals surface area (Å²) in [5, 5.41) is 0.356. The van der Waals surface area contributed by atoms with Crippen molar-refractivity contribution in [2.24, 2.45) is 5.73 Å². The molecule has 1 aromatic rings. The molecule has 0 unspecified atom stereocenters. The molecule has 6 heteroatoms. The molecule has 0 aliphatic carbocycles. The van der Waals surface area contributed by atoms with Crippen molar-refractivity contribution in [3.63, 3.8) is 0 Å². The second-order valence-electron chi connectivity index (χ2n) is 4.13. The number of amides is 2. The van der Waals surface area contributed by atoms with E-state index in [0.717, 1.165) is 27.8 Å². The molecule has 100 valence electrons. The highest BCUT2D eigenvalue weighted by Gasteiger charge is 2.34. The minimum atomic E-state index is -0.294. The zero-order chi connectivity index (χ0) is 14.0. The van der Waals surface area contributed by atoms with Crippen molar-refractivity contribution < 1.29 is 9.59 Å². The lowest BCUT2D eigenvalue weighted by molar-refractivity contribution is -0.122. The lowest BCUT2D eigenvalue weighted by atomic mass is 10.1. The molecule has 0 saturated carbocycles. The summed E-state index contributed by atoms with van der Waals surface area (Å²) in [6, 6.07) is 5.50. The first-order valence-corrected chi connectivity index (χ1v) is 6.94. The maximum atomic E-state index is 12.0. The van der Waals surface area contributed by atoms with E-state index in [-0.39, 0.29) is 24.2 Å². The highest BCUT2D eigenvalue weighted by atomic mass is 35.5. The molecular formula is C13H13ClN2O2S. The first kappa shape index (κ1) is 14.1. The van der Waals surface area contributed by atoms with Gasteiger partial charge in [-0.2, -0.15) is 0 Å². The third kappa shape index (κ3) is 3.00. The zero-order valence-electron chi connectivity index (χ0n) is 10.4. The molecular weight excluding hydrogens is 284 g/mol. The average molecular weight is 297 g/mol. The van der Waals surface area contributed by atoms with E-state index in [1.54, 1.807) is 12.1 Å². The fourth-order valence-corrected chi connectivity index (χ4v) is 2.73. The Morgan fingerprint density at radius 3 is 2.79 bits per heavy atom. The number of thioether (sulfide) groups is 1. The number of carbonyl (C=O) groups excluding carboxylic acids is 2. The van der Waals surface area contributed by atoms with Crippen LogP contribution >= 0.6 is 23.4 Å². The van der Waals surface area contributed by atoms with Gasteiger partial charge in [-0.1, -0.05) is 23.7 Å². The number of aryl methyl sites for hydroxylation is 1. The van der Waals surface area contributed by atoms with Crippen LogP contribution in [0.2, 0.25) is 5.02 Å². The normalized spacial score (nSPS) is 17.6. The van der Waals surface area contributed by atoms with E-state index in [2.05, 4.69) is 0 Å². The topological polar surface area (TPSA) is 63.4 Å². The number of hydrogen-bond acceptors (Lipinski definition) is 4. The molecule has 0 radical (unpaired) electrons. The van der Waals surface area contributed by atoms with E-state index in [9.17, 15) is 9.59 Å². The first-order chi connectivity index (χ1) is 9.02. The molecule has 19 heavy (non-hydrogen) atoms. The number of hydrogen-bond donors (Lipinski definition) is 1. The van der Waals surface area contributed by atoms with Crippen molar-refractivity contribution in [2.45, 2.75) is 6.92 Å². The second-order valence-corrected chi connectivity index (χ2v) is 5.53. The van der Waals surface area contributed by atoms with Crippen molar-refractivity contribution in [1.82, 2.24) is 4.90 Å². The predicted octanol–water partition coefficient (Wildman–Crippen LogP) is 2.64. The first-order valence-electron chi connectivity index (χ1n) is 5.74. The third-order valence-corrected chi connectivity index (χ3v) is 4.03. The molecule has 1 aliphatic rings. The Labute approximate surface area is 120 Å². The van der Waals surface area contributed by atoms with Gasteiger partial charge in [-0.3, -0.25) is 14.5 Å². The molecule has 1 aliphatic heterocycles. The molecule has 2 rings (SSSR count). The van der Waals surface area contributed by atoms with E-state index >= 15 is 0 Å². The largest absolute Gasteiger partial charge is 0.329 e. The van der Waals surface area contributed by atoms with Crippen LogP contribution in [-0.4, -0.2) is 29.1 Å². The number of nitrogens with two attached hydrogens (primary N) is 1. The van der Waals surface area contributed by atoms with Gasteiger partial charge in [0.25, 0.3) is 11.1 Å². The van der Waals surface area contributed by atoms with E-state index < -0.39 is 0 Å². The molecule has 2 N–H and O–H groups in total. The van der Waals surface area contributed by atoms with Crippen LogP contribution in [0.3, 0.4) is 0 Å². The van der Waals surface area contributed by atoms with Gasteiger partial charge < -0.3 is 5.73 Å². The molecule has 1 heterocycles. The fourth-order valence-electron chi connectivity index (χ4n) is 1.67. The molecule has 1 aromatic carbocycles. The molecule has 4 nitrogen and oxygen atoms in total. The third-order valence-electron chi connectivity index (χ3n) is 2.72. The van der Waals surface area contributed by atoms with Crippen LogP contribution < -0.4 is 5.73 Å². The highest BCUT2D eigenvalue weighted by molar-refractivity contribution is 8.18. The van der Waals surface area contributed by atoms with E-state index in [1.165, 1.54) is 0 Å². The highest BCUT2D eigenvalue weighted by Crippen LogP contribution is 2.32. The van der Waals surface area contributed by atoms with E-state index in [4.69, 9.17) is 17.3 Å². The summed E-state index contributed by atoms with van der Waals surface area (Å²) in [5.41, 5.74) is 7.14. The molecule has 2 amide bonds. The van der Waals surface area contributed by atoms with Crippen LogP contribution in [0.15, 0.2) is 23.1 Å². The van der Waals surface area contributed by atoms with Crippen LogP contribution in [-0.2, 0) is 4.79 Å². The summed E-state index contributed by atoms with van der Waals surface area (Å²) in [7, 11) is 0. The van der Waals surface area contributed by atoms with Gasteiger partial charge in [-0.25, -0.2) is 0 Å². The van der Waals surface area contributed by atoms with Gasteiger partial charge in [0.15, 0.2) is 0 Å². The molecule has 0 atom stereocenters. The van der Waals surface area contributed by atoms with Gasteiger partial charge >= 0.3 is 0 Å². The Morgan fingerprint density at radius 2 is 2.16 bits per heavy atom. The minimum Gasteiger partial charge on any atom is -0.329 e. The monoisotopic (exact) mass is 296 g/mol. The van der Waals surface area contributed by atoms with Crippen LogP contribution in [0, 0.1) is 6.92 Å². The Kier molecular flexibility index (Phi) is 4.29. The van der Waals surface area contributed by atoms with Crippen LogP contribution in [0.1, 0.15) is 11.1 Å². The lowest BCUT2D eigenvalue weighted by Gasteiger charge is -2.09. The number of rotatable bonds is 3. The van der Waals surface area contributed by atoms with Crippen molar-refractivity contribution in [3.8, 4) is 0 Å². The number of benzene rings is 1. The molecule has 0 spiro atoms. The van der Waals surface area contributed by atoms with E-state index in [1.807, 2.05) is 19.1 Å². The summed E-state index contributed by atoms with van der Waals surface area (Å²) in [6.07, 6.45) is 1.67. The minimum absolute atomic E-state index is 0.247. The summed E-state index contributed by atoms with van der Waals surface area (Å²) < 4.78 is 0. The molecule has 1 saturated heterocycles. The Morgan fingerprint density at radius 1 is 1.42 bits per heavy atom. The molecule has 1 fully saturated rings. The molecule has 0 aromatic heterocycles. The van der Waals surface area contributed by atoms with Crippen molar-refractivity contribution in [3.05, 3.63) is 39.3 Å². The summed E-state index contributed by atoms with van der Waals surface area (Å²) in [4.78, 5) is 25.2. The number of carbonyl (C=O) groups is 2. The van der Waals surface area contributed by atoms with Crippen molar-refractivity contribution in [2.75, 3.05) is 13.1 Å². The van der Waals surface area contributed by atoms with E-state index in [0.29, 0.717) is 9.93 Å². The summed E-state index contributed by atoms with van der Waals surface area (Å²) in [5.74, 6) is -0.294. The van der Waals surface area contributed by atoms with Gasteiger partial charge in [0.1, 0.15) is 0 Å². The smallest absolute Gasteiger partial charge is 0.293 e. The number of nitrogens with zero attached hydrogens (tertiary/aromatic N) is 1. The van der Waals surface area contributed by atoms with Gasteiger partial charge in [-0.05, 0) is 42.0 Å². The average Bonchev–Trinajstić information content (AvgIpc) is 2.62. The van der Waals surface area contributed by atoms with Gasteiger partial charge in [0, 0.05) is 18.1 Å². The second kappa shape index (κ2) is 5.77. The predicted molar refractivity (Wildman–Crippen MR) is 77.9 cm³/mol. The van der Waals surface area contributed by atoms with Crippen LogP contribution in [0.4, 0.5) is 4.79 Å². The maximum absolute atomic E-state index is 12.0. The lowest BCUT2D eigenvalue weighted by Crippen LogP contribution is -2.33. The summed E-state index contributed by atoms with van der Waals surface area (Å²) in [6.45, 7) is 2.42. The standard InChI is InChI=1S/C13H13ClN2O2S/c1-8-2-3-9(6-10(8)14)7-11-12(17)16(5-4-15)13(18)19-11/h2-3,6-7H,4-5,15H2,1H3/b11-7+. The maximum Gasteiger partial charge on any atom is 0.293 e. The fraction of sp³-hybridized carbons (Fsp3) is 0.231. The van der Waals surface area contributed by atoms with Gasteiger partial charge in [-0.15, -0.1) is 0 Å². The zero-order valence-corrected chi connectivity index (χ0v) is 11.9. The van der Waals surface area contributed by atoms with Crippen molar-refractivity contribution in [1.29, 1.82) is 0 Å². The number of imide groups is 1. The number of halogens is 1. The SMILES string of the molecule is Cc1ccc(/C=C2/SC(=O)N(CCN)C2=O)cc1Cl. The Bertz CT molecular complexity index is 572. The van der Waals surface area contributed by atoms with Gasteiger partial charge in [0.05, 0.1) is 4.91 Å². The molecule has 0 bridgehead atoms. The Hall–Kier alpha value is -1.30. The van der Waals surface area contributed by atoms with Crippen LogP contribution in [0.5, 0.6) is 0 Å².